The molecular formula is C88H119Cl6N9O16S3. The average Bonchev–Trinajstić information content (AvgIpc) is 0.780. The molecule has 0 spiro atoms. The zero-order valence-electron chi connectivity index (χ0n) is 70.3. The molecule has 0 aliphatic carbocycles. The Kier molecular flexibility index (Phi) is 41.7. The summed E-state index contributed by atoms with van der Waals surface area (Å²) in [5.74, 6) is -1.84. The number of fused-ring (bicyclic) bond motifs is 3. The molecule has 3 atom stereocenters. The van der Waals surface area contributed by atoms with Crippen molar-refractivity contribution in [3.05, 3.63) is 189 Å². The van der Waals surface area contributed by atoms with Gasteiger partial charge in [0.05, 0.1) is 93.1 Å². The lowest BCUT2D eigenvalue weighted by molar-refractivity contribution is -0.127. The molecule has 0 saturated carbocycles. The Hall–Kier alpha value is -5.65. The number of benzene rings is 6. The van der Waals surface area contributed by atoms with Gasteiger partial charge in [-0.25, -0.2) is 34.7 Å². The van der Waals surface area contributed by atoms with E-state index in [1.54, 1.807) is 72.8 Å². The number of carbonyl (C=O) groups excluding carboxylic acids is 4. The van der Waals surface area contributed by atoms with Crippen LogP contribution < -0.4 is 30.7 Å². The number of carbonyl (C=O) groups is 4. The Bertz CT molecular complexity index is 4340. The largest absolute Gasteiger partial charge is 0.379 e. The lowest BCUT2D eigenvalue weighted by Gasteiger charge is -2.35. The van der Waals surface area contributed by atoms with Crippen LogP contribution in [0.1, 0.15) is 177 Å². The van der Waals surface area contributed by atoms with E-state index in [9.17, 15) is 44.4 Å². The summed E-state index contributed by atoms with van der Waals surface area (Å²) < 4.78 is 121. The first-order valence-corrected chi connectivity index (χ1v) is 49.0. The fourth-order valence-electron chi connectivity index (χ4n) is 15.7. The standard InChI is InChI=1S/C88H119Cl6N9O16S3/c1-5-6-7-8-9-10-11-12-23-87(107)100-88(27-24-84(104)95-30-36-115-42-41-114-35-16-47-120(108,109)69-20-13-17-63(48-69)75-57-101(2)60-78-72(75)51-66(89)54-81(78)92,28-25-85(105)96-31-37-116-43-45-118-39-33-98-121(110,111)70-21-14-18-64(49-70)76-58-102(3)61-79-73(76)52-67(90)55-82(79)93)29-26-86(106)97-32-38-117-44-46-119-40-34-99-122(112,113)71-22-15-19-65(50-71)77-59-103(4)62-80-74(77)53-68(91)56-83(80)94/h13-15,17-22,48-56,75-77,98-99H,5-12,16,23-47,57-62H2,1-4H3,(H,95,104)(H,96,105)(H,97,106)(H,100,107)/t75-,76-,77-/m0/s1. The minimum atomic E-state index is -3.90. The molecule has 34 heteroatoms. The maximum atomic E-state index is 14.1. The summed E-state index contributed by atoms with van der Waals surface area (Å²) in [5.41, 5.74) is 7.09. The van der Waals surface area contributed by atoms with Crippen LogP contribution in [0.25, 0.3) is 0 Å². The van der Waals surface area contributed by atoms with Crippen LogP contribution in [0.4, 0.5) is 0 Å². The highest BCUT2D eigenvalue weighted by Gasteiger charge is 2.36. The molecule has 0 bridgehead atoms. The van der Waals surface area contributed by atoms with Crippen LogP contribution in [0.5, 0.6) is 0 Å². The molecule has 6 aromatic carbocycles. The lowest BCUT2D eigenvalue weighted by Crippen LogP contribution is -2.50. The number of nitrogens with one attached hydrogen (secondary N) is 6. The molecule has 0 fully saturated rings. The van der Waals surface area contributed by atoms with Crippen LogP contribution >= 0.6 is 69.6 Å². The van der Waals surface area contributed by atoms with Gasteiger partial charge < -0.3 is 64.4 Å². The molecule has 672 valence electrons. The Morgan fingerprint density at radius 3 is 1.08 bits per heavy atom. The number of nitrogens with zero attached hydrogens (tertiary/aromatic N) is 3. The molecule has 25 nitrogen and oxygen atoms in total. The van der Waals surface area contributed by atoms with Crippen molar-refractivity contribution in [2.45, 2.75) is 167 Å². The molecule has 0 unspecified atom stereocenters. The monoisotopic (exact) mass is 1860 g/mol. The number of sulfonamides is 2. The second kappa shape index (κ2) is 50.8. The minimum absolute atomic E-state index is 0.00504. The van der Waals surface area contributed by atoms with Gasteiger partial charge in [-0.15, -0.1) is 0 Å². The maximum absolute atomic E-state index is 14.1. The number of amides is 4. The summed E-state index contributed by atoms with van der Waals surface area (Å²) >= 11 is 39.1. The number of sulfone groups is 1. The molecular weight excluding hydrogens is 1750 g/mol. The summed E-state index contributed by atoms with van der Waals surface area (Å²) in [5, 5.41) is 15.1. The molecule has 6 aromatic rings. The van der Waals surface area contributed by atoms with Gasteiger partial charge in [0, 0.05) is 158 Å². The first-order chi connectivity index (χ1) is 58.5. The average molecular weight is 1870 g/mol. The van der Waals surface area contributed by atoms with Gasteiger partial charge >= 0.3 is 0 Å². The first-order valence-electron chi connectivity index (χ1n) is 42.1. The quantitative estimate of drug-likeness (QED) is 0.0193. The summed E-state index contributed by atoms with van der Waals surface area (Å²) in [4.78, 5) is 62.2. The molecule has 0 saturated heterocycles. The third-order valence-corrected chi connectivity index (χ3v) is 28.4. The topological polar surface area (TPSA) is 308 Å². The van der Waals surface area contributed by atoms with Gasteiger partial charge in [-0.05, 0) is 176 Å². The lowest BCUT2D eigenvalue weighted by atomic mass is 9.82. The van der Waals surface area contributed by atoms with Gasteiger partial charge in [0.15, 0.2) is 9.84 Å². The van der Waals surface area contributed by atoms with E-state index >= 15 is 0 Å². The van der Waals surface area contributed by atoms with E-state index in [1.807, 2.05) is 57.5 Å². The van der Waals surface area contributed by atoms with Crippen molar-refractivity contribution >= 4 is 123 Å². The van der Waals surface area contributed by atoms with Gasteiger partial charge in [-0.1, -0.05) is 158 Å². The van der Waals surface area contributed by atoms with Gasteiger partial charge in [0.2, 0.25) is 43.7 Å². The Labute approximate surface area is 751 Å². The van der Waals surface area contributed by atoms with Gasteiger partial charge in [-0.2, -0.15) is 0 Å². The first kappa shape index (κ1) is 100. The third kappa shape index (κ3) is 32.3. The third-order valence-electron chi connectivity index (χ3n) is 22.0. The van der Waals surface area contributed by atoms with Crippen molar-refractivity contribution in [2.75, 3.05) is 159 Å². The van der Waals surface area contributed by atoms with Crippen molar-refractivity contribution in [3.8, 4) is 0 Å². The summed E-state index contributed by atoms with van der Waals surface area (Å²) in [6.45, 7) is 8.19. The van der Waals surface area contributed by atoms with Crippen LogP contribution in [0.3, 0.4) is 0 Å². The predicted molar refractivity (Wildman–Crippen MR) is 480 cm³/mol. The molecule has 0 radical (unpaired) electrons. The summed E-state index contributed by atoms with van der Waals surface area (Å²) in [7, 11) is -5.49. The fraction of sp³-hybridized carbons (Fsp3) is 0.545. The normalized spacial score (nSPS) is 16.0. The number of likely N-dealkylation sites (N-methyl/N-ethyl adjacent to an activating group) is 3. The molecule has 0 aromatic heterocycles. The van der Waals surface area contributed by atoms with Gasteiger partial charge in [-0.3, -0.25) is 19.2 Å². The van der Waals surface area contributed by atoms with E-state index in [-0.39, 0.29) is 225 Å². The Morgan fingerprint density at radius 1 is 0.385 bits per heavy atom. The highest BCUT2D eigenvalue weighted by Crippen LogP contribution is 2.43. The molecule has 4 amide bonds. The fourth-order valence-corrected chi connectivity index (χ4v) is 20.8. The smallest absolute Gasteiger partial charge is 0.240 e. The minimum Gasteiger partial charge on any atom is -0.379 e. The van der Waals surface area contributed by atoms with Crippen molar-refractivity contribution < 1.29 is 72.9 Å². The van der Waals surface area contributed by atoms with E-state index in [1.165, 1.54) is 6.42 Å². The zero-order chi connectivity index (χ0) is 87.7. The van der Waals surface area contributed by atoms with Crippen LogP contribution in [0.2, 0.25) is 30.1 Å². The van der Waals surface area contributed by atoms with Crippen molar-refractivity contribution in [3.63, 3.8) is 0 Å². The SMILES string of the molecule is CCCCCCCCCCC(=O)NC(CCC(=O)NCCOCCOCCCS(=O)(=O)c1cccc([C@@H]2CN(C)Cc3c(Cl)cc(Cl)cc32)c1)(CCC(=O)NCCOCCOCCNS(=O)(=O)c1cccc([C@@H]2CN(C)Cc3c(Cl)cc(Cl)cc32)c1)CCC(=O)NCCOCCOCCNS(=O)(=O)c1cccc([C@@H]2CN(C)Cc3c(Cl)cc(Cl)cc32)c1. The van der Waals surface area contributed by atoms with Crippen molar-refractivity contribution in [1.29, 1.82) is 0 Å². The number of halogens is 6. The van der Waals surface area contributed by atoms with E-state index in [0.29, 0.717) is 75.8 Å². The number of hydrogen-bond donors (Lipinski definition) is 6. The zero-order valence-corrected chi connectivity index (χ0v) is 77.3. The number of unbranched alkanes of at least 4 members (excludes halogenated alkanes) is 7. The van der Waals surface area contributed by atoms with Crippen LogP contribution in [0, 0.1) is 0 Å². The summed E-state index contributed by atoms with van der Waals surface area (Å²) in [6.07, 6.45) is 8.64. The molecule has 9 rings (SSSR count). The predicted octanol–water partition coefficient (Wildman–Crippen LogP) is 13.6. The van der Waals surface area contributed by atoms with Crippen molar-refractivity contribution in [2.24, 2.45) is 0 Å². The van der Waals surface area contributed by atoms with Gasteiger partial charge in [0.1, 0.15) is 0 Å². The maximum Gasteiger partial charge on any atom is 0.240 e. The van der Waals surface area contributed by atoms with E-state index in [0.717, 1.165) is 88.6 Å². The molecule has 3 aliphatic heterocycles. The highest BCUT2D eigenvalue weighted by atomic mass is 35.5. The number of hydrogen-bond acceptors (Lipinski definition) is 19. The highest BCUT2D eigenvalue weighted by molar-refractivity contribution is 7.91. The number of ether oxygens (including phenoxy) is 6. The Balaban J connectivity index is 0.724. The van der Waals surface area contributed by atoms with E-state index in [2.05, 4.69) is 52.3 Å². The molecule has 6 N–H and O–H groups in total. The summed E-state index contributed by atoms with van der Waals surface area (Å²) in [6, 6.07) is 31.5. The Morgan fingerprint density at radius 2 is 0.713 bits per heavy atom. The molecule has 3 heterocycles. The molecule has 122 heavy (non-hydrogen) atoms. The van der Waals surface area contributed by atoms with Crippen LogP contribution in [-0.4, -0.2) is 228 Å². The second-order valence-electron chi connectivity index (χ2n) is 31.6. The molecule has 3 aliphatic rings. The number of rotatable bonds is 55. The van der Waals surface area contributed by atoms with E-state index in [4.69, 9.17) is 98.0 Å². The van der Waals surface area contributed by atoms with Crippen LogP contribution in [-0.2, 0) is 97.1 Å². The van der Waals surface area contributed by atoms with E-state index < -0.39 is 35.4 Å². The van der Waals surface area contributed by atoms with Crippen molar-refractivity contribution in [1.82, 2.24) is 45.4 Å². The van der Waals surface area contributed by atoms with Gasteiger partial charge in [0.25, 0.3) is 0 Å². The van der Waals surface area contributed by atoms with Crippen LogP contribution in [0.15, 0.2) is 124 Å². The second-order valence-corrected chi connectivity index (χ2v) is 39.8.